The third kappa shape index (κ3) is 3.66. The number of anilines is 1. The van der Waals surface area contributed by atoms with Gasteiger partial charge in [-0.2, -0.15) is 0 Å². The zero-order valence-electron chi connectivity index (χ0n) is 14.2. The molecule has 0 saturated carbocycles. The molecule has 0 radical (unpaired) electrons. The Labute approximate surface area is 153 Å². The quantitative estimate of drug-likeness (QED) is 0.531. The van der Waals surface area contributed by atoms with E-state index in [0.717, 1.165) is 0 Å². The first-order chi connectivity index (χ1) is 13.0. The lowest BCUT2D eigenvalue weighted by Gasteiger charge is -2.11. The van der Waals surface area contributed by atoms with Gasteiger partial charge in [0, 0.05) is 31.1 Å². The minimum absolute atomic E-state index is 0.0947. The van der Waals surface area contributed by atoms with Gasteiger partial charge in [0.05, 0.1) is 22.5 Å². The number of amides is 2. The average Bonchev–Trinajstić information content (AvgIpc) is 3.22. The van der Waals surface area contributed by atoms with E-state index >= 15 is 0 Å². The molecule has 0 aliphatic rings. The second-order valence-corrected chi connectivity index (χ2v) is 5.51. The number of imidazole rings is 1. The Bertz CT molecular complexity index is 1010. The molecule has 27 heavy (non-hydrogen) atoms. The van der Waals surface area contributed by atoms with Crippen molar-refractivity contribution in [3.8, 4) is 5.69 Å². The number of nitrogens with one attached hydrogen (secondary N) is 2. The maximum Gasteiger partial charge on any atom is 0.294 e. The molecule has 1 aromatic heterocycles. The molecule has 2 amide bonds. The molecule has 0 aliphatic carbocycles. The van der Waals surface area contributed by atoms with Crippen molar-refractivity contribution in [2.75, 3.05) is 12.4 Å². The normalized spacial score (nSPS) is 10.3. The molecule has 0 saturated heterocycles. The summed E-state index contributed by atoms with van der Waals surface area (Å²) in [5.74, 6) is -0.918. The first-order valence-electron chi connectivity index (χ1n) is 7.90. The van der Waals surface area contributed by atoms with Gasteiger partial charge in [0.15, 0.2) is 0 Å². The summed E-state index contributed by atoms with van der Waals surface area (Å²) in [6.07, 6.45) is 4.50. The second-order valence-electron chi connectivity index (χ2n) is 5.51. The monoisotopic (exact) mass is 365 g/mol. The first-order valence-corrected chi connectivity index (χ1v) is 7.90. The van der Waals surface area contributed by atoms with Crippen LogP contribution in [0.4, 0.5) is 11.4 Å². The van der Waals surface area contributed by atoms with Crippen LogP contribution in [0.1, 0.15) is 20.7 Å². The summed E-state index contributed by atoms with van der Waals surface area (Å²) in [6.45, 7) is 0. The van der Waals surface area contributed by atoms with Gasteiger partial charge in [0.25, 0.3) is 17.5 Å². The van der Waals surface area contributed by atoms with Gasteiger partial charge in [-0.3, -0.25) is 19.7 Å². The lowest BCUT2D eigenvalue weighted by molar-refractivity contribution is -0.384. The van der Waals surface area contributed by atoms with Gasteiger partial charge >= 0.3 is 0 Å². The molecule has 3 aromatic rings. The number of rotatable bonds is 5. The first kappa shape index (κ1) is 17.8. The largest absolute Gasteiger partial charge is 0.355 e. The van der Waals surface area contributed by atoms with E-state index in [4.69, 9.17) is 0 Å². The van der Waals surface area contributed by atoms with Crippen LogP contribution >= 0.6 is 0 Å². The van der Waals surface area contributed by atoms with E-state index in [9.17, 15) is 19.7 Å². The minimum atomic E-state index is -0.565. The number of hydrogen-bond acceptors (Lipinski definition) is 5. The fourth-order valence-corrected chi connectivity index (χ4v) is 2.55. The molecule has 3 rings (SSSR count). The van der Waals surface area contributed by atoms with Crippen LogP contribution < -0.4 is 10.6 Å². The topological polar surface area (TPSA) is 119 Å². The smallest absolute Gasteiger partial charge is 0.294 e. The van der Waals surface area contributed by atoms with Gasteiger partial charge in [-0.1, -0.05) is 12.1 Å². The number of carbonyl (C=O) groups is 2. The summed E-state index contributed by atoms with van der Waals surface area (Å²) in [5.41, 5.74) is 0.749. The van der Waals surface area contributed by atoms with Gasteiger partial charge < -0.3 is 15.2 Å². The number of nitrogens with zero attached hydrogens (tertiary/aromatic N) is 3. The van der Waals surface area contributed by atoms with E-state index in [-0.39, 0.29) is 22.7 Å². The Morgan fingerprint density at radius 3 is 2.59 bits per heavy atom. The molecule has 9 heteroatoms. The summed E-state index contributed by atoms with van der Waals surface area (Å²) in [4.78, 5) is 39.2. The highest BCUT2D eigenvalue weighted by Crippen LogP contribution is 2.25. The van der Waals surface area contributed by atoms with Crippen molar-refractivity contribution in [2.45, 2.75) is 0 Å². The molecular formula is C18H15N5O4. The van der Waals surface area contributed by atoms with E-state index in [1.165, 1.54) is 42.3 Å². The Kier molecular flexibility index (Phi) is 4.93. The van der Waals surface area contributed by atoms with Crippen LogP contribution in [0.15, 0.2) is 61.2 Å². The van der Waals surface area contributed by atoms with Gasteiger partial charge in [-0.15, -0.1) is 0 Å². The SMILES string of the molecule is CNC(=O)c1ccccc1NC(=O)c1ccc(-n2ccnc2)c([N+](=O)[O-])c1. The summed E-state index contributed by atoms with van der Waals surface area (Å²) >= 11 is 0. The maximum atomic E-state index is 12.6. The fourth-order valence-electron chi connectivity index (χ4n) is 2.55. The van der Waals surface area contributed by atoms with E-state index in [1.807, 2.05) is 0 Å². The lowest BCUT2D eigenvalue weighted by Crippen LogP contribution is -2.21. The van der Waals surface area contributed by atoms with Crippen LogP contribution in [0.2, 0.25) is 0 Å². The Morgan fingerprint density at radius 1 is 1.15 bits per heavy atom. The van der Waals surface area contributed by atoms with Crippen molar-refractivity contribution in [1.29, 1.82) is 0 Å². The van der Waals surface area contributed by atoms with E-state index < -0.39 is 10.8 Å². The molecule has 9 nitrogen and oxygen atoms in total. The van der Waals surface area contributed by atoms with Crippen LogP contribution in [-0.4, -0.2) is 33.3 Å². The van der Waals surface area contributed by atoms with Crippen molar-refractivity contribution in [3.63, 3.8) is 0 Å². The number of nitro groups is 1. The van der Waals surface area contributed by atoms with Crippen LogP contribution in [0.3, 0.4) is 0 Å². The molecule has 0 unspecified atom stereocenters. The Morgan fingerprint density at radius 2 is 1.93 bits per heavy atom. The number of nitro benzene ring substituents is 1. The Balaban J connectivity index is 1.94. The average molecular weight is 365 g/mol. The van der Waals surface area contributed by atoms with E-state index in [1.54, 1.807) is 30.5 Å². The summed E-state index contributed by atoms with van der Waals surface area (Å²) in [6, 6.07) is 10.6. The van der Waals surface area contributed by atoms with Crippen molar-refractivity contribution >= 4 is 23.2 Å². The predicted molar refractivity (Wildman–Crippen MR) is 98.0 cm³/mol. The van der Waals surface area contributed by atoms with Crippen LogP contribution in [0.5, 0.6) is 0 Å². The molecule has 0 fully saturated rings. The van der Waals surface area contributed by atoms with Gasteiger partial charge in [0.1, 0.15) is 5.69 Å². The zero-order chi connectivity index (χ0) is 19.4. The number of carbonyl (C=O) groups excluding carboxylic acids is 2. The highest BCUT2D eigenvalue weighted by Gasteiger charge is 2.20. The molecule has 0 spiro atoms. The van der Waals surface area contributed by atoms with Crippen molar-refractivity contribution in [2.24, 2.45) is 0 Å². The highest BCUT2D eigenvalue weighted by molar-refractivity contribution is 6.09. The molecule has 2 aromatic carbocycles. The van der Waals surface area contributed by atoms with Gasteiger partial charge in [0.2, 0.25) is 0 Å². The maximum absolute atomic E-state index is 12.6. The number of aromatic nitrogens is 2. The van der Waals surface area contributed by atoms with E-state index in [2.05, 4.69) is 15.6 Å². The lowest BCUT2D eigenvalue weighted by atomic mass is 10.1. The number of hydrogen-bond donors (Lipinski definition) is 2. The highest BCUT2D eigenvalue weighted by atomic mass is 16.6. The van der Waals surface area contributed by atoms with Crippen LogP contribution in [-0.2, 0) is 0 Å². The third-order valence-corrected chi connectivity index (χ3v) is 3.86. The summed E-state index contributed by atoms with van der Waals surface area (Å²) in [7, 11) is 1.49. The molecule has 0 bridgehead atoms. The minimum Gasteiger partial charge on any atom is -0.355 e. The predicted octanol–water partition coefficient (Wildman–Crippen LogP) is 2.39. The number of benzene rings is 2. The van der Waals surface area contributed by atoms with Gasteiger partial charge in [-0.25, -0.2) is 4.98 Å². The van der Waals surface area contributed by atoms with Crippen molar-refractivity contribution in [1.82, 2.24) is 14.9 Å². The second kappa shape index (κ2) is 7.48. The molecule has 136 valence electrons. The van der Waals surface area contributed by atoms with Crippen molar-refractivity contribution in [3.05, 3.63) is 82.4 Å². The van der Waals surface area contributed by atoms with Crippen molar-refractivity contribution < 1.29 is 14.5 Å². The van der Waals surface area contributed by atoms with Crippen LogP contribution in [0.25, 0.3) is 5.69 Å². The standard InChI is InChI=1S/C18H15N5O4/c1-19-18(25)13-4-2-3-5-14(13)21-17(24)12-6-7-15(16(10-12)23(26)27)22-9-8-20-11-22/h2-11H,1H3,(H,19,25)(H,21,24). The molecule has 0 atom stereocenters. The Hall–Kier alpha value is -4.01. The molecular weight excluding hydrogens is 350 g/mol. The van der Waals surface area contributed by atoms with Gasteiger partial charge in [-0.05, 0) is 24.3 Å². The zero-order valence-corrected chi connectivity index (χ0v) is 14.2. The summed E-state index contributed by atoms with van der Waals surface area (Å²) in [5, 5.41) is 16.5. The summed E-state index contributed by atoms with van der Waals surface area (Å²) < 4.78 is 1.49. The van der Waals surface area contributed by atoms with E-state index in [0.29, 0.717) is 11.4 Å². The molecule has 2 N–H and O–H groups in total. The molecule has 0 aliphatic heterocycles. The fraction of sp³-hybridized carbons (Fsp3) is 0.0556. The number of para-hydroxylation sites is 1. The molecule has 1 heterocycles. The van der Waals surface area contributed by atoms with Crippen LogP contribution in [0, 0.1) is 10.1 Å². The third-order valence-electron chi connectivity index (χ3n) is 3.86.